The number of likely N-dealkylation sites (N-methyl/N-ethyl adjacent to an activating group) is 1. The quantitative estimate of drug-likeness (QED) is 0.905. The van der Waals surface area contributed by atoms with Crippen LogP contribution in [0.4, 0.5) is 0 Å². The lowest BCUT2D eigenvalue weighted by atomic mass is 10.2. The number of carbonyl (C=O) groups is 1. The third-order valence-electron chi connectivity index (χ3n) is 3.91. The van der Waals surface area contributed by atoms with Crippen LogP contribution in [0.2, 0.25) is 5.15 Å². The van der Waals surface area contributed by atoms with Crippen LogP contribution in [0.25, 0.3) is 0 Å². The van der Waals surface area contributed by atoms with Crippen molar-refractivity contribution in [3.63, 3.8) is 0 Å². The summed E-state index contributed by atoms with van der Waals surface area (Å²) in [5.74, 6) is 1.11. The average molecular weight is 299 g/mol. The Labute approximate surface area is 125 Å². The molecule has 0 aromatic carbocycles. The first-order valence-corrected chi connectivity index (χ1v) is 7.63. The fourth-order valence-electron chi connectivity index (χ4n) is 2.48. The van der Waals surface area contributed by atoms with Crippen molar-refractivity contribution < 1.29 is 4.79 Å². The highest BCUT2D eigenvalue weighted by Gasteiger charge is 2.30. The highest BCUT2D eigenvalue weighted by Crippen LogP contribution is 2.19. The van der Waals surface area contributed by atoms with Gasteiger partial charge in [-0.3, -0.25) is 9.69 Å². The van der Waals surface area contributed by atoms with Gasteiger partial charge in [-0.25, -0.2) is 4.98 Å². The molecule has 0 aliphatic carbocycles. The predicted molar refractivity (Wildman–Crippen MR) is 79.7 cm³/mol. The SMILES string of the molecule is CCCCc1nc(Cl)c(CN2CCN(C)C(=O)[C@@H]2C)[nH]1. The first-order valence-electron chi connectivity index (χ1n) is 7.25. The number of H-pyrrole nitrogens is 1. The van der Waals surface area contributed by atoms with Crippen molar-refractivity contribution in [2.45, 2.75) is 45.7 Å². The summed E-state index contributed by atoms with van der Waals surface area (Å²) in [4.78, 5) is 23.6. The summed E-state index contributed by atoms with van der Waals surface area (Å²) >= 11 is 6.19. The lowest BCUT2D eigenvalue weighted by Gasteiger charge is -2.37. The molecule has 5 nitrogen and oxygen atoms in total. The zero-order chi connectivity index (χ0) is 14.7. The fourth-order valence-corrected chi connectivity index (χ4v) is 2.69. The van der Waals surface area contributed by atoms with Gasteiger partial charge in [0.05, 0.1) is 11.7 Å². The molecule has 1 aliphatic heterocycles. The molecule has 0 radical (unpaired) electrons. The maximum atomic E-state index is 12.0. The van der Waals surface area contributed by atoms with Crippen molar-refractivity contribution in [3.05, 3.63) is 16.7 Å². The van der Waals surface area contributed by atoms with E-state index in [1.807, 2.05) is 14.0 Å². The monoisotopic (exact) mass is 298 g/mol. The second kappa shape index (κ2) is 6.59. The van der Waals surface area contributed by atoms with Crippen molar-refractivity contribution in [1.29, 1.82) is 0 Å². The summed E-state index contributed by atoms with van der Waals surface area (Å²) in [6.45, 7) is 6.38. The molecule has 2 rings (SSSR count). The lowest BCUT2D eigenvalue weighted by molar-refractivity contribution is -0.139. The summed E-state index contributed by atoms with van der Waals surface area (Å²) in [6.07, 6.45) is 3.16. The van der Waals surface area contributed by atoms with E-state index in [4.69, 9.17) is 11.6 Å². The fraction of sp³-hybridized carbons (Fsp3) is 0.714. The lowest BCUT2D eigenvalue weighted by Crippen LogP contribution is -2.53. The van der Waals surface area contributed by atoms with Crippen molar-refractivity contribution in [2.75, 3.05) is 20.1 Å². The Kier molecular flexibility index (Phi) is 5.05. The van der Waals surface area contributed by atoms with Gasteiger partial charge in [0, 0.05) is 33.1 Å². The number of rotatable bonds is 5. The van der Waals surface area contributed by atoms with E-state index in [-0.39, 0.29) is 11.9 Å². The van der Waals surface area contributed by atoms with Gasteiger partial charge in [0.15, 0.2) is 5.15 Å². The van der Waals surface area contributed by atoms with Gasteiger partial charge in [0.25, 0.3) is 0 Å². The van der Waals surface area contributed by atoms with Gasteiger partial charge < -0.3 is 9.88 Å². The van der Waals surface area contributed by atoms with Crippen LogP contribution in [0.5, 0.6) is 0 Å². The molecule has 1 N–H and O–H groups in total. The topological polar surface area (TPSA) is 52.2 Å². The molecular weight excluding hydrogens is 276 g/mol. The molecule has 0 saturated carbocycles. The van der Waals surface area contributed by atoms with Gasteiger partial charge >= 0.3 is 0 Å². The first-order chi connectivity index (χ1) is 9.52. The predicted octanol–water partition coefficient (Wildman–Crippen LogP) is 2.07. The number of unbranched alkanes of at least 4 members (excludes halogenated alkanes) is 1. The van der Waals surface area contributed by atoms with E-state index in [2.05, 4.69) is 21.8 Å². The smallest absolute Gasteiger partial charge is 0.239 e. The zero-order valence-corrected chi connectivity index (χ0v) is 13.2. The largest absolute Gasteiger partial charge is 0.344 e. The summed E-state index contributed by atoms with van der Waals surface area (Å²) in [6, 6.07) is -0.104. The Morgan fingerprint density at radius 2 is 2.20 bits per heavy atom. The molecular formula is C14H23ClN4O. The van der Waals surface area contributed by atoms with Gasteiger partial charge in [-0.15, -0.1) is 0 Å². The minimum absolute atomic E-state index is 0.104. The van der Waals surface area contributed by atoms with E-state index < -0.39 is 0 Å². The van der Waals surface area contributed by atoms with E-state index in [9.17, 15) is 4.79 Å². The molecule has 2 heterocycles. The Morgan fingerprint density at radius 1 is 1.45 bits per heavy atom. The maximum Gasteiger partial charge on any atom is 0.239 e. The number of aryl methyl sites for hydroxylation is 1. The first kappa shape index (κ1) is 15.3. The van der Waals surface area contributed by atoms with Gasteiger partial charge in [0.2, 0.25) is 5.91 Å². The number of halogens is 1. The second-order valence-electron chi connectivity index (χ2n) is 5.46. The molecule has 0 unspecified atom stereocenters. The minimum atomic E-state index is -0.104. The highest BCUT2D eigenvalue weighted by molar-refractivity contribution is 6.30. The number of amides is 1. The molecule has 1 atom stereocenters. The molecule has 1 saturated heterocycles. The summed E-state index contributed by atoms with van der Waals surface area (Å²) in [7, 11) is 1.85. The number of hydrogen-bond acceptors (Lipinski definition) is 3. The van der Waals surface area contributed by atoms with Gasteiger partial charge in [-0.05, 0) is 13.3 Å². The van der Waals surface area contributed by atoms with E-state index in [1.165, 1.54) is 0 Å². The van der Waals surface area contributed by atoms with Crippen LogP contribution in [0.15, 0.2) is 0 Å². The Balaban J connectivity index is 2.02. The maximum absolute atomic E-state index is 12.0. The van der Waals surface area contributed by atoms with Crippen LogP contribution < -0.4 is 0 Å². The van der Waals surface area contributed by atoms with E-state index in [0.29, 0.717) is 11.7 Å². The number of carbonyl (C=O) groups excluding carboxylic acids is 1. The number of hydrogen-bond donors (Lipinski definition) is 1. The summed E-state index contributed by atoms with van der Waals surface area (Å²) < 4.78 is 0. The van der Waals surface area contributed by atoms with Crippen LogP contribution in [-0.4, -0.2) is 51.9 Å². The van der Waals surface area contributed by atoms with Crippen LogP contribution in [0.1, 0.15) is 38.2 Å². The van der Waals surface area contributed by atoms with Crippen LogP contribution in [0.3, 0.4) is 0 Å². The summed E-state index contributed by atoms with van der Waals surface area (Å²) in [5.41, 5.74) is 0.918. The average Bonchev–Trinajstić information content (AvgIpc) is 2.77. The van der Waals surface area contributed by atoms with Crippen molar-refractivity contribution >= 4 is 17.5 Å². The van der Waals surface area contributed by atoms with Gasteiger partial charge in [-0.1, -0.05) is 24.9 Å². The molecule has 6 heteroatoms. The molecule has 1 amide bonds. The summed E-state index contributed by atoms with van der Waals surface area (Å²) in [5, 5.41) is 0.537. The number of piperazine rings is 1. The number of imidazole rings is 1. The van der Waals surface area contributed by atoms with Crippen molar-refractivity contribution in [3.8, 4) is 0 Å². The van der Waals surface area contributed by atoms with Crippen LogP contribution in [0, 0.1) is 0 Å². The molecule has 1 fully saturated rings. The molecule has 1 aromatic heterocycles. The molecule has 0 spiro atoms. The Bertz CT molecular complexity index is 474. The van der Waals surface area contributed by atoms with Gasteiger partial charge in [0.1, 0.15) is 5.82 Å². The molecule has 20 heavy (non-hydrogen) atoms. The number of aromatic amines is 1. The van der Waals surface area contributed by atoms with E-state index in [1.54, 1.807) is 4.90 Å². The molecule has 1 aromatic rings. The van der Waals surface area contributed by atoms with Gasteiger partial charge in [-0.2, -0.15) is 0 Å². The minimum Gasteiger partial charge on any atom is -0.344 e. The van der Waals surface area contributed by atoms with Crippen molar-refractivity contribution in [1.82, 2.24) is 19.8 Å². The normalized spacial score (nSPS) is 20.7. The highest BCUT2D eigenvalue weighted by atomic mass is 35.5. The second-order valence-corrected chi connectivity index (χ2v) is 5.82. The number of nitrogens with zero attached hydrogens (tertiary/aromatic N) is 3. The zero-order valence-electron chi connectivity index (χ0n) is 12.4. The van der Waals surface area contributed by atoms with E-state index >= 15 is 0 Å². The molecule has 0 bridgehead atoms. The van der Waals surface area contributed by atoms with E-state index in [0.717, 1.165) is 43.9 Å². The molecule has 112 valence electrons. The Hall–Kier alpha value is -1.07. The number of aromatic nitrogens is 2. The van der Waals surface area contributed by atoms with Crippen LogP contribution in [-0.2, 0) is 17.8 Å². The van der Waals surface area contributed by atoms with Crippen molar-refractivity contribution in [2.24, 2.45) is 0 Å². The number of nitrogens with one attached hydrogen (secondary N) is 1. The Morgan fingerprint density at radius 3 is 2.90 bits per heavy atom. The molecule has 1 aliphatic rings. The standard InChI is InChI=1S/C14H23ClN4O/c1-4-5-6-12-16-11(13(15)17-12)9-19-8-7-18(3)14(20)10(19)2/h10H,4-9H2,1-3H3,(H,16,17)/t10-/m0/s1. The van der Waals surface area contributed by atoms with Crippen LogP contribution >= 0.6 is 11.6 Å². The third kappa shape index (κ3) is 3.33. The third-order valence-corrected chi connectivity index (χ3v) is 4.22.